The monoisotopic (exact) mass is 231 g/mol. The molecule has 1 aromatic heterocycles. The molecule has 7 nitrogen and oxygen atoms in total. The van der Waals surface area contributed by atoms with E-state index < -0.39 is 10.0 Å². The largest absolute Gasteiger partial charge is 0.384 e. The van der Waals surface area contributed by atoms with E-state index >= 15 is 0 Å². The Hall–Kier alpha value is -1.57. The number of aromatic amines is 1. The number of hydrogen-bond donors (Lipinski definition) is 4. The lowest BCUT2D eigenvalue weighted by Crippen LogP contribution is -2.19. The quantitative estimate of drug-likeness (QED) is 0.415. The molecule has 1 aromatic rings. The van der Waals surface area contributed by atoms with Crippen LogP contribution in [0.3, 0.4) is 0 Å². The molecular weight excluding hydrogens is 218 g/mol. The average molecular weight is 231 g/mol. The normalized spacial score (nSPS) is 11.3. The molecule has 1 rings (SSSR count). The van der Waals surface area contributed by atoms with Gasteiger partial charge in [0, 0.05) is 0 Å². The van der Waals surface area contributed by atoms with Gasteiger partial charge in [-0.1, -0.05) is 6.92 Å². The summed E-state index contributed by atoms with van der Waals surface area (Å²) in [5.74, 6) is -0.0856. The number of nitrogens with two attached hydrogens (primary N) is 1. The first-order chi connectivity index (χ1) is 6.96. The molecule has 0 fully saturated rings. The molecule has 0 saturated carbocycles. The summed E-state index contributed by atoms with van der Waals surface area (Å²) in [6.45, 7) is 1.76. The first kappa shape index (κ1) is 11.5. The minimum absolute atomic E-state index is 0.0172. The molecule has 0 saturated heterocycles. The van der Waals surface area contributed by atoms with Crippen LogP contribution < -0.4 is 10.5 Å². The fourth-order valence-electron chi connectivity index (χ4n) is 1.04. The Bertz CT molecular complexity index is 450. The minimum atomic E-state index is -3.38. The summed E-state index contributed by atoms with van der Waals surface area (Å²) in [6.07, 6.45) is 1.81. The van der Waals surface area contributed by atoms with E-state index in [0.29, 0.717) is 6.42 Å². The van der Waals surface area contributed by atoms with Gasteiger partial charge in [0.2, 0.25) is 10.0 Å². The highest BCUT2D eigenvalue weighted by Crippen LogP contribution is 2.11. The first-order valence-electron chi connectivity index (χ1n) is 4.34. The molecule has 0 atom stereocenters. The second-order valence-electron chi connectivity index (χ2n) is 2.99. The van der Waals surface area contributed by atoms with Crippen molar-refractivity contribution in [1.29, 1.82) is 5.41 Å². The highest BCUT2D eigenvalue weighted by atomic mass is 32.2. The molecule has 0 aliphatic rings. The summed E-state index contributed by atoms with van der Waals surface area (Å²) >= 11 is 0. The highest BCUT2D eigenvalue weighted by Gasteiger charge is 2.14. The van der Waals surface area contributed by atoms with Gasteiger partial charge in [-0.2, -0.15) is 5.10 Å². The van der Waals surface area contributed by atoms with Crippen molar-refractivity contribution >= 4 is 21.7 Å². The van der Waals surface area contributed by atoms with Gasteiger partial charge >= 0.3 is 0 Å². The zero-order valence-corrected chi connectivity index (χ0v) is 9.06. The highest BCUT2D eigenvalue weighted by molar-refractivity contribution is 7.92. The van der Waals surface area contributed by atoms with Crippen LogP contribution in [0.1, 0.15) is 18.9 Å². The molecule has 0 bridgehead atoms. The van der Waals surface area contributed by atoms with E-state index in [-0.39, 0.29) is 23.0 Å². The molecule has 15 heavy (non-hydrogen) atoms. The Kier molecular flexibility index (Phi) is 3.30. The number of amidine groups is 1. The van der Waals surface area contributed by atoms with Crippen molar-refractivity contribution in [3.63, 3.8) is 0 Å². The summed E-state index contributed by atoms with van der Waals surface area (Å²) < 4.78 is 25.1. The molecule has 0 amide bonds. The van der Waals surface area contributed by atoms with Crippen LogP contribution in [0.5, 0.6) is 0 Å². The number of hydrogen-bond acceptors (Lipinski definition) is 4. The maximum Gasteiger partial charge on any atom is 0.233 e. The van der Waals surface area contributed by atoms with Gasteiger partial charge in [-0.3, -0.25) is 15.2 Å². The Balaban J connectivity index is 2.90. The van der Waals surface area contributed by atoms with E-state index in [1.807, 2.05) is 0 Å². The fourth-order valence-corrected chi connectivity index (χ4v) is 2.15. The predicted molar refractivity (Wildman–Crippen MR) is 57.3 cm³/mol. The SMILES string of the molecule is CCCS(=O)(=O)Nc1[nH]ncc1C(=N)N. The van der Waals surface area contributed by atoms with Crippen LogP contribution in [0.15, 0.2) is 6.20 Å². The molecule has 5 N–H and O–H groups in total. The molecule has 0 spiro atoms. The standard InChI is InChI=1S/C7H13N5O2S/c1-2-3-15(13,14)12-7-5(6(8)9)4-10-11-7/h4H,2-3H2,1H3,(H3,8,9)(H2,10,11,12). The average Bonchev–Trinajstić information content (AvgIpc) is 2.50. The number of aromatic nitrogens is 2. The number of sulfonamides is 1. The van der Waals surface area contributed by atoms with Gasteiger partial charge in [0.25, 0.3) is 0 Å². The van der Waals surface area contributed by atoms with Crippen LogP contribution in [0, 0.1) is 5.41 Å². The zero-order valence-electron chi connectivity index (χ0n) is 8.24. The first-order valence-corrected chi connectivity index (χ1v) is 5.99. The van der Waals surface area contributed by atoms with E-state index in [2.05, 4.69) is 14.9 Å². The van der Waals surface area contributed by atoms with Gasteiger partial charge in [-0.05, 0) is 6.42 Å². The molecule has 0 aromatic carbocycles. The lowest BCUT2D eigenvalue weighted by atomic mass is 10.3. The second-order valence-corrected chi connectivity index (χ2v) is 4.84. The van der Waals surface area contributed by atoms with Crippen LogP contribution in [0.25, 0.3) is 0 Å². The van der Waals surface area contributed by atoms with Crippen LogP contribution in [-0.4, -0.2) is 30.2 Å². The maximum absolute atomic E-state index is 11.4. The maximum atomic E-state index is 11.4. The summed E-state index contributed by atoms with van der Waals surface area (Å²) in [4.78, 5) is 0. The smallest absolute Gasteiger partial charge is 0.233 e. The Morgan fingerprint density at radius 3 is 2.93 bits per heavy atom. The number of H-pyrrole nitrogens is 1. The van der Waals surface area contributed by atoms with Crippen LogP contribution in [0.4, 0.5) is 5.82 Å². The molecule has 1 heterocycles. The van der Waals surface area contributed by atoms with E-state index in [1.165, 1.54) is 6.20 Å². The Labute approximate surface area is 87.6 Å². The third-order valence-electron chi connectivity index (χ3n) is 1.66. The molecular formula is C7H13N5O2S. The van der Waals surface area contributed by atoms with Gasteiger partial charge in [0.05, 0.1) is 17.5 Å². The Morgan fingerprint density at radius 2 is 2.40 bits per heavy atom. The summed E-state index contributed by atoms with van der Waals surface area (Å²) in [5, 5.41) is 13.2. The topological polar surface area (TPSA) is 125 Å². The van der Waals surface area contributed by atoms with Crippen LogP contribution >= 0.6 is 0 Å². The third-order valence-corrected chi connectivity index (χ3v) is 3.12. The molecule has 8 heteroatoms. The molecule has 0 radical (unpaired) electrons. The fraction of sp³-hybridized carbons (Fsp3) is 0.429. The number of nitrogens with zero attached hydrogens (tertiary/aromatic N) is 1. The van der Waals surface area contributed by atoms with Crippen molar-refractivity contribution in [2.75, 3.05) is 10.5 Å². The van der Waals surface area contributed by atoms with E-state index in [4.69, 9.17) is 11.1 Å². The number of nitrogen functional groups attached to an aromatic ring is 1. The molecule has 0 aliphatic heterocycles. The van der Waals surface area contributed by atoms with E-state index in [9.17, 15) is 8.42 Å². The van der Waals surface area contributed by atoms with E-state index in [0.717, 1.165) is 0 Å². The summed E-state index contributed by atoms with van der Waals surface area (Å²) in [7, 11) is -3.38. The van der Waals surface area contributed by atoms with Crippen molar-refractivity contribution < 1.29 is 8.42 Å². The van der Waals surface area contributed by atoms with E-state index in [1.54, 1.807) is 6.92 Å². The summed E-state index contributed by atoms with van der Waals surface area (Å²) in [5.41, 5.74) is 5.49. The number of rotatable bonds is 5. The minimum Gasteiger partial charge on any atom is -0.384 e. The van der Waals surface area contributed by atoms with Crippen molar-refractivity contribution in [2.24, 2.45) is 5.73 Å². The van der Waals surface area contributed by atoms with Gasteiger partial charge in [0.1, 0.15) is 11.7 Å². The van der Waals surface area contributed by atoms with Crippen molar-refractivity contribution in [2.45, 2.75) is 13.3 Å². The molecule has 84 valence electrons. The summed E-state index contributed by atoms with van der Waals surface area (Å²) in [6, 6.07) is 0. The van der Waals surface area contributed by atoms with Crippen molar-refractivity contribution in [3.8, 4) is 0 Å². The van der Waals surface area contributed by atoms with Crippen molar-refractivity contribution in [3.05, 3.63) is 11.8 Å². The zero-order chi connectivity index (χ0) is 11.5. The van der Waals surface area contributed by atoms with Gasteiger partial charge in [-0.15, -0.1) is 0 Å². The lowest BCUT2D eigenvalue weighted by molar-refractivity contribution is 0.599. The molecule has 0 aliphatic carbocycles. The predicted octanol–water partition coefficient (Wildman–Crippen LogP) is -0.155. The number of nitrogens with one attached hydrogen (secondary N) is 3. The third kappa shape index (κ3) is 2.94. The van der Waals surface area contributed by atoms with Crippen LogP contribution in [-0.2, 0) is 10.0 Å². The molecule has 0 unspecified atom stereocenters. The Morgan fingerprint density at radius 1 is 1.73 bits per heavy atom. The number of anilines is 1. The van der Waals surface area contributed by atoms with Gasteiger partial charge in [-0.25, -0.2) is 8.42 Å². The van der Waals surface area contributed by atoms with Crippen molar-refractivity contribution in [1.82, 2.24) is 10.2 Å². The second kappa shape index (κ2) is 4.30. The van der Waals surface area contributed by atoms with Gasteiger partial charge < -0.3 is 5.73 Å². The lowest BCUT2D eigenvalue weighted by Gasteiger charge is -2.05. The van der Waals surface area contributed by atoms with Crippen LogP contribution in [0.2, 0.25) is 0 Å². The van der Waals surface area contributed by atoms with Gasteiger partial charge in [0.15, 0.2) is 0 Å².